The summed E-state index contributed by atoms with van der Waals surface area (Å²) in [7, 11) is -0.666. The number of aryl methyl sites for hydroxylation is 2. The highest BCUT2D eigenvalue weighted by Crippen LogP contribution is 2.38. The molecule has 28 heavy (non-hydrogen) atoms. The van der Waals surface area contributed by atoms with Gasteiger partial charge in [0, 0.05) is 29.9 Å². The van der Waals surface area contributed by atoms with Crippen LogP contribution in [0.3, 0.4) is 0 Å². The van der Waals surface area contributed by atoms with Crippen LogP contribution in [0, 0.1) is 20.8 Å². The summed E-state index contributed by atoms with van der Waals surface area (Å²) in [5, 5.41) is 4.13. The van der Waals surface area contributed by atoms with Crippen molar-refractivity contribution in [3.63, 3.8) is 0 Å². The number of amides is 1. The van der Waals surface area contributed by atoms with E-state index in [2.05, 4.69) is 5.32 Å². The molecule has 148 valence electrons. The summed E-state index contributed by atoms with van der Waals surface area (Å²) in [5.74, 6) is -0.354. The van der Waals surface area contributed by atoms with Crippen LogP contribution in [0.15, 0.2) is 35.2 Å². The molecule has 1 amide bonds. The van der Waals surface area contributed by atoms with E-state index < -0.39 is 10.0 Å². The molecule has 2 aromatic carbocycles. The molecule has 0 fully saturated rings. The van der Waals surface area contributed by atoms with Crippen molar-refractivity contribution in [3.05, 3.63) is 56.9 Å². The van der Waals surface area contributed by atoms with Gasteiger partial charge in [-0.05, 0) is 55.7 Å². The maximum atomic E-state index is 12.9. The standard InChI is InChI=1S/C20H21ClN2O3S2/c1-11-7-6-8-16-17(11)18(21)19(27-16)20(24)22-15-10-14(9-12(2)13(15)3)28(25,26)23(4)5/h6-10H,1-5H3,(H,22,24). The van der Waals surface area contributed by atoms with Crippen LogP contribution in [-0.2, 0) is 10.0 Å². The van der Waals surface area contributed by atoms with Crippen LogP contribution >= 0.6 is 22.9 Å². The van der Waals surface area contributed by atoms with E-state index in [1.54, 1.807) is 6.07 Å². The second kappa shape index (κ2) is 7.48. The number of hydrogen-bond donors (Lipinski definition) is 1. The molecule has 1 aromatic heterocycles. The lowest BCUT2D eigenvalue weighted by molar-refractivity contribution is 0.103. The van der Waals surface area contributed by atoms with E-state index in [9.17, 15) is 13.2 Å². The van der Waals surface area contributed by atoms with Crippen LogP contribution in [0.5, 0.6) is 0 Å². The SMILES string of the molecule is Cc1cc(S(=O)(=O)N(C)C)cc(NC(=O)c2sc3cccc(C)c3c2Cl)c1C. The molecule has 1 N–H and O–H groups in total. The smallest absolute Gasteiger partial charge is 0.267 e. The van der Waals surface area contributed by atoms with Crippen LogP contribution < -0.4 is 5.32 Å². The van der Waals surface area contributed by atoms with E-state index in [0.717, 1.165) is 31.1 Å². The normalized spacial score (nSPS) is 12.0. The maximum absolute atomic E-state index is 12.9. The molecule has 1 heterocycles. The minimum absolute atomic E-state index is 0.134. The average Bonchev–Trinajstić information content (AvgIpc) is 2.96. The number of nitrogens with one attached hydrogen (secondary N) is 1. The molecule has 0 saturated heterocycles. The molecular weight excluding hydrogens is 416 g/mol. The number of hydrogen-bond acceptors (Lipinski definition) is 4. The van der Waals surface area contributed by atoms with Gasteiger partial charge < -0.3 is 5.32 Å². The number of halogens is 1. The summed E-state index contributed by atoms with van der Waals surface area (Å²) >= 11 is 7.81. The molecule has 0 aliphatic carbocycles. The third-order valence-corrected chi connectivity index (χ3v) is 8.18. The number of benzene rings is 2. The number of anilines is 1. The Balaban J connectivity index is 2.05. The molecule has 0 aliphatic rings. The predicted octanol–water partition coefficient (Wildman–Crippen LogP) is 4.98. The van der Waals surface area contributed by atoms with Gasteiger partial charge in [0.25, 0.3) is 5.91 Å². The molecular formula is C20H21ClN2O3S2. The Bertz CT molecular complexity index is 1200. The minimum Gasteiger partial charge on any atom is -0.321 e. The van der Waals surface area contributed by atoms with Gasteiger partial charge in [-0.25, -0.2) is 12.7 Å². The molecule has 0 unspecified atom stereocenters. The highest BCUT2D eigenvalue weighted by molar-refractivity contribution is 7.89. The fraction of sp³-hybridized carbons (Fsp3) is 0.250. The fourth-order valence-corrected chi connectivity index (χ4v) is 5.51. The first-order chi connectivity index (χ1) is 13.0. The van der Waals surface area contributed by atoms with Crippen molar-refractivity contribution in [3.8, 4) is 0 Å². The van der Waals surface area contributed by atoms with E-state index in [4.69, 9.17) is 11.6 Å². The largest absolute Gasteiger partial charge is 0.321 e. The first-order valence-electron chi connectivity index (χ1n) is 8.56. The zero-order valence-electron chi connectivity index (χ0n) is 16.3. The van der Waals surface area contributed by atoms with Gasteiger partial charge >= 0.3 is 0 Å². The van der Waals surface area contributed by atoms with Crippen LogP contribution in [0.4, 0.5) is 5.69 Å². The molecule has 5 nitrogen and oxygen atoms in total. The Hall–Kier alpha value is -1.93. The maximum Gasteiger partial charge on any atom is 0.267 e. The fourth-order valence-electron chi connectivity index (χ4n) is 2.92. The number of thiophene rings is 1. The molecule has 3 aromatic rings. The quantitative estimate of drug-likeness (QED) is 0.627. The lowest BCUT2D eigenvalue weighted by Gasteiger charge is -2.16. The van der Waals surface area contributed by atoms with E-state index in [0.29, 0.717) is 15.6 Å². The Kier molecular flexibility index (Phi) is 5.55. The first-order valence-corrected chi connectivity index (χ1v) is 11.2. The van der Waals surface area contributed by atoms with Gasteiger partial charge in [0.1, 0.15) is 4.88 Å². The van der Waals surface area contributed by atoms with Crippen LogP contribution in [0.1, 0.15) is 26.4 Å². The first kappa shape index (κ1) is 20.8. The number of fused-ring (bicyclic) bond motifs is 1. The Labute approximate surface area is 174 Å². The Morgan fingerprint density at radius 2 is 1.79 bits per heavy atom. The van der Waals surface area contributed by atoms with Crippen molar-refractivity contribution in [2.45, 2.75) is 25.7 Å². The second-order valence-electron chi connectivity index (χ2n) is 6.85. The molecule has 0 saturated carbocycles. The van der Waals surface area contributed by atoms with Crippen LogP contribution in [-0.4, -0.2) is 32.7 Å². The summed E-state index contributed by atoms with van der Waals surface area (Å²) in [6.45, 7) is 5.61. The van der Waals surface area contributed by atoms with E-state index >= 15 is 0 Å². The number of nitrogens with zero attached hydrogens (tertiary/aromatic N) is 1. The van der Waals surface area contributed by atoms with E-state index in [-0.39, 0.29) is 10.8 Å². The topological polar surface area (TPSA) is 66.5 Å². The third-order valence-electron chi connectivity index (χ3n) is 4.74. The molecule has 8 heteroatoms. The van der Waals surface area contributed by atoms with Gasteiger partial charge in [-0.15, -0.1) is 11.3 Å². The van der Waals surface area contributed by atoms with Gasteiger partial charge in [-0.1, -0.05) is 23.7 Å². The zero-order chi connectivity index (χ0) is 20.8. The molecule has 0 atom stereocenters. The minimum atomic E-state index is -3.61. The summed E-state index contributed by atoms with van der Waals surface area (Å²) in [4.78, 5) is 13.5. The molecule has 0 aliphatic heterocycles. The molecule has 0 spiro atoms. The van der Waals surface area contributed by atoms with Gasteiger partial charge in [0.15, 0.2) is 0 Å². The monoisotopic (exact) mass is 436 g/mol. The Morgan fingerprint density at radius 1 is 1.11 bits per heavy atom. The van der Waals surface area contributed by atoms with Crippen molar-refractivity contribution in [2.24, 2.45) is 0 Å². The third kappa shape index (κ3) is 3.55. The van der Waals surface area contributed by atoms with E-state index in [1.807, 2.05) is 39.0 Å². The molecule has 0 bridgehead atoms. The van der Waals surface area contributed by atoms with Crippen molar-refractivity contribution in [1.29, 1.82) is 0 Å². The van der Waals surface area contributed by atoms with Crippen LogP contribution in [0.25, 0.3) is 10.1 Å². The van der Waals surface area contributed by atoms with Crippen molar-refractivity contribution < 1.29 is 13.2 Å². The number of sulfonamides is 1. The average molecular weight is 437 g/mol. The predicted molar refractivity (Wildman–Crippen MR) is 116 cm³/mol. The number of rotatable bonds is 4. The van der Waals surface area contributed by atoms with Crippen molar-refractivity contribution in [1.82, 2.24) is 4.31 Å². The van der Waals surface area contributed by atoms with Crippen molar-refractivity contribution in [2.75, 3.05) is 19.4 Å². The molecule has 0 radical (unpaired) electrons. The van der Waals surface area contributed by atoms with E-state index in [1.165, 1.54) is 31.5 Å². The highest BCUT2D eigenvalue weighted by Gasteiger charge is 2.22. The second-order valence-corrected chi connectivity index (χ2v) is 10.4. The van der Waals surface area contributed by atoms with Gasteiger partial charge in [0.05, 0.1) is 9.92 Å². The summed E-state index contributed by atoms with van der Waals surface area (Å²) in [5.41, 5.74) is 3.04. The van der Waals surface area contributed by atoms with Gasteiger partial charge in [-0.2, -0.15) is 0 Å². The Morgan fingerprint density at radius 3 is 2.39 bits per heavy atom. The highest BCUT2D eigenvalue weighted by atomic mass is 35.5. The number of carbonyl (C=O) groups is 1. The lowest BCUT2D eigenvalue weighted by Crippen LogP contribution is -2.23. The lowest BCUT2D eigenvalue weighted by atomic mass is 10.1. The molecule has 3 rings (SSSR count). The summed E-state index contributed by atoms with van der Waals surface area (Å²) in [6, 6.07) is 8.90. The number of carbonyl (C=O) groups excluding carboxylic acids is 1. The van der Waals surface area contributed by atoms with Crippen molar-refractivity contribution >= 4 is 54.6 Å². The zero-order valence-corrected chi connectivity index (χ0v) is 18.6. The summed E-state index contributed by atoms with van der Waals surface area (Å²) < 4.78 is 27.1. The van der Waals surface area contributed by atoms with Crippen LogP contribution in [0.2, 0.25) is 5.02 Å². The van der Waals surface area contributed by atoms with Gasteiger partial charge in [-0.3, -0.25) is 4.79 Å². The summed E-state index contributed by atoms with van der Waals surface area (Å²) in [6.07, 6.45) is 0. The van der Waals surface area contributed by atoms with Gasteiger partial charge in [0.2, 0.25) is 10.0 Å².